The van der Waals surface area contributed by atoms with E-state index in [2.05, 4.69) is 9.71 Å². The van der Waals surface area contributed by atoms with Gasteiger partial charge in [0, 0.05) is 29.0 Å². The molecule has 1 aliphatic heterocycles. The lowest BCUT2D eigenvalue weighted by molar-refractivity contribution is 0.0839. The summed E-state index contributed by atoms with van der Waals surface area (Å²) >= 11 is 6.27. The Labute approximate surface area is 268 Å². The van der Waals surface area contributed by atoms with Crippen molar-refractivity contribution in [3.8, 4) is 5.75 Å². The molecule has 3 aromatic carbocycles. The number of ether oxygens (including phenoxy) is 2. The summed E-state index contributed by atoms with van der Waals surface area (Å²) in [6.45, 7) is 5.25. The van der Waals surface area contributed by atoms with E-state index in [1.54, 1.807) is 4.90 Å². The molecule has 0 unspecified atom stereocenters. The molecule has 1 saturated heterocycles. The maximum absolute atomic E-state index is 13.3. The average molecular weight is 652 g/mol. The molecule has 2 amide bonds. The smallest absolute Gasteiger partial charge is 0.410 e. The number of likely N-dealkylation sites (tertiary alicyclic amines) is 1. The number of nitrogens with one attached hydrogen (secondary N) is 2. The van der Waals surface area contributed by atoms with E-state index >= 15 is 0 Å². The summed E-state index contributed by atoms with van der Waals surface area (Å²) < 4.78 is 39.8. The number of carbonyl (C=O) groups excluding carboxylic acids is 2. The Bertz CT molecular complexity index is 1740. The highest BCUT2D eigenvalue weighted by molar-refractivity contribution is 7.90. The van der Waals surface area contributed by atoms with Crippen molar-refractivity contribution in [2.45, 2.75) is 46.1 Å². The minimum Gasteiger partial charge on any atom is -0.494 e. The summed E-state index contributed by atoms with van der Waals surface area (Å²) in [5.74, 6) is -0.345. The second kappa shape index (κ2) is 14.4. The van der Waals surface area contributed by atoms with Crippen LogP contribution in [-0.2, 0) is 27.8 Å². The number of H-pyrrole nitrogens is 1. The molecule has 11 heteroatoms. The minimum atomic E-state index is -3.93. The van der Waals surface area contributed by atoms with Gasteiger partial charge in [0.15, 0.2) is 0 Å². The number of amides is 2. The van der Waals surface area contributed by atoms with E-state index in [4.69, 9.17) is 21.1 Å². The standard InChI is InChI=1S/C34H38ClN3O6S/c1-23-19-27(20-24(2)31(23)35)43-18-8-12-29-28-11-6-7-13-30(28)36-32(29)33(39)37-45(41,42)22-26-14-16-38(17-15-26)34(40)44-21-25-9-4-3-5-10-25/h3-7,9-11,13,19-20,26,36H,8,12,14-18,21-22H2,1-2H3,(H,37,39). The van der Waals surface area contributed by atoms with E-state index in [-0.39, 0.29) is 24.0 Å². The Kier molecular flexibility index (Phi) is 10.4. The Hall–Kier alpha value is -4.02. The third kappa shape index (κ3) is 8.38. The number of hydrogen-bond donors (Lipinski definition) is 2. The molecular weight excluding hydrogens is 614 g/mol. The van der Waals surface area contributed by atoms with Crippen LogP contribution in [0.25, 0.3) is 10.9 Å². The molecule has 238 valence electrons. The number of hydrogen-bond acceptors (Lipinski definition) is 6. The molecule has 0 aliphatic carbocycles. The number of piperidine rings is 1. The van der Waals surface area contributed by atoms with Gasteiger partial charge < -0.3 is 19.4 Å². The highest BCUT2D eigenvalue weighted by Gasteiger charge is 2.29. The average Bonchev–Trinajstić information content (AvgIpc) is 3.40. The summed E-state index contributed by atoms with van der Waals surface area (Å²) in [5.41, 5.74) is 4.51. The number of halogens is 1. The van der Waals surface area contributed by atoms with Gasteiger partial charge in [-0.2, -0.15) is 0 Å². The van der Waals surface area contributed by atoms with Crippen molar-refractivity contribution >= 4 is 44.5 Å². The maximum Gasteiger partial charge on any atom is 0.410 e. The maximum atomic E-state index is 13.3. The fourth-order valence-corrected chi connectivity index (χ4v) is 7.25. The van der Waals surface area contributed by atoms with E-state index in [1.165, 1.54) is 0 Å². The number of carbonyl (C=O) groups is 2. The lowest BCUT2D eigenvalue weighted by Gasteiger charge is -2.31. The van der Waals surface area contributed by atoms with E-state index < -0.39 is 22.0 Å². The molecule has 5 rings (SSSR count). The van der Waals surface area contributed by atoms with Crippen LogP contribution >= 0.6 is 11.6 Å². The van der Waals surface area contributed by atoms with Crippen molar-refractivity contribution in [3.05, 3.63) is 99.7 Å². The first-order valence-corrected chi connectivity index (χ1v) is 17.1. The van der Waals surface area contributed by atoms with E-state index in [1.807, 2.05) is 80.6 Å². The van der Waals surface area contributed by atoms with Gasteiger partial charge in [0.05, 0.1) is 12.4 Å². The Morgan fingerprint density at radius 1 is 1.00 bits per heavy atom. The number of para-hydroxylation sites is 1. The lowest BCUT2D eigenvalue weighted by atomic mass is 9.99. The number of aromatic amines is 1. The first kappa shape index (κ1) is 32.4. The Morgan fingerprint density at radius 3 is 2.38 bits per heavy atom. The van der Waals surface area contributed by atoms with Crippen LogP contribution in [0.1, 0.15) is 52.0 Å². The summed E-state index contributed by atoms with van der Waals surface area (Å²) in [6, 6.07) is 20.7. The molecule has 0 bridgehead atoms. The molecule has 2 N–H and O–H groups in total. The van der Waals surface area contributed by atoms with Gasteiger partial charge in [-0.3, -0.25) is 4.79 Å². The van der Waals surface area contributed by atoms with Crippen LogP contribution in [0.15, 0.2) is 66.7 Å². The third-order valence-electron chi connectivity index (χ3n) is 8.07. The highest BCUT2D eigenvalue weighted by atomic mass is 35.5. The molecule has 0 atom stereocenters. The molecule has 0 radical (unpaired) electrons. The van der Waals surface area contributed by atoms with E-state index in [9.17, 15) is 18.0 Å². The monoisotopic (exact) mass is 651 g/mol. The molecular formula is C34H38ClN3O6S. The van der Waals surface area contributed by atoms with Crippen molar-refractivity contribution in [3.63, 3.8) is 0 Å². The Balaban J connectivity index is 1.15. The van der Waals surface area contributed by atoms with Gasteiger partial charge in [-0.15, -0.1) is 0 Å². The number of benzene rings is 3. The van der Waals surface area contributed by atoms with Crippen molar-refractivity contribution in [2.24, 2.45) is 5.92 Å². The number of fused-ring (bicyclic) bond motifs is 1. The zero-order valence-corrected chi connectivity index (χ0v) is 27.0. The summed E-state index contributed by atoms with van der Waals surface area (Å²) in [4.78, 5) is 30.6. The van der Waals surface area contributed by atoms with Gasteiger partial charge in [0.1, 0.15) is 18.1 Å². The van der Waals surface area contributed by atoms with E-state index in [0.29, 0.717) is 45.4 Å². The van der Waals surface area contributed by atoms with E-state index in [0.717, 1.165) is 43.9 Å². The molecule has 0 spiro atoms. The number of aromatic nitrogens is 1. The molecule has 0 saturated carbocycles. The van der Waals surface area contributed by atoms with Gasteiger partial charge in [-0.25, -0.2) is 17.9 Å². The van der Waals surface area contributed by atoms with Crippen molar-refractivity contribution < 1.29 is 27.5 Å². The molecule has 1 aromatic heterocycles. The van der Waals surface area contributed by atoms with Crippen molar-refractivity contribution in [1.82, 2.24) is 14.6 Å². The second-order valence-electron chi connectivity index (χ2n) is 11.5. The summed E-state index contributed by atoms with van der Waals surface area (Å²) in [5, 5.41) is 1.58. The van der Waals surface area contributed by atoms with Gasteiger partial charge in [-0.05, 0) is 85.9 Å². The number of nitrogens with zero attached hydrogens (tertiary/aromatic N) is 1. The molecule has 1 aliphatic rings. The zero-order chi connectivity index (χ0) is 32.0. The highest BCUT2D eigenvalue weighted by Crippen LogP contribution is 2.27. The largest absolute Gasteiger partial charge is 0.494 e. The SMILES string of the molecule is Cc1cc(OCCCc2c(C(=O)NS(=O)(=O)CC3CCN(C(=O)OCc4ccccc4)CC3)[nH]c3ccccc23)cc(C)c1Cl. The molecule has 9 nitrogen and oxygen atoms in total. The van der Waals surface area contributed by atoms with Crippen LogP contribution in [0.4, 0.5) is 4.79 Å². The zero-order valence-electron chi connectivity index (χ0n) is 25.5. The minimum absolute atomic E-state index is 0.185. The van der Waals surface area contributed by atoms with Crippen molar-refractivity contribution in [2.75, 3.05) is 25.4 Å². The van der Waals surface area contributed by atoms with Crippen LogP contribution < -0.4 is 9.46 Å². The quantitative estimate of drug-likeness (QED) is 0.177. The third-order valence-corrected chi connectivity index (χ3v) is 10.1. The molecule has 1 fully saturated rings. The van der Waals surface area contributed by atoms with Crippen LogP contribution in [0.2, 0.25) is 5.02 Å². The second-order valence-corrected chi connectivity index (χ2v) is 13.7. The molecule has 45 heavy (non-hydrogen) atoms. The number of sulfonamides is 1. The fraction of sp³-hybridized carbons (Fsp3) is 0.353. The van der Waals surface area contributed by atoms with Gasteiger partial charge in [-0.1, -0.05) is 60.1 Å². The lowest BCUT2D eigenvalue weighted by Crippen LogP contribution is -2.42. The Morgan fingerprint density at radius 2 is 1.67 bits per heavy atom. The van der Waals surface area contributed by atoms with Crippen LogP contribution in [0.5, 0.6) is 5.75 Å². The molecule has 4 aromatic rings. The predicted molar refractivity (Wildman–Crippen MR) is 175 cm³/mol. The number of aryl methyl sites for hydroxylation is 3. The van der Waals surface area contributed by atoms with Crippen LogP contribution in [0.3, 0.4) is 0 Å². The molecule has 2 heterocycles. The summed E-state index contributed by atoms with van der Waals surface area (Å²) in [7, 11) is -3.93. The van der Waals surface area contributed by atoms with Gasteiger partial charge >= 0.3 is 6.09 Å². The van der Waals surface area contributed by atoms with Gasteiger partial charge in [0.25, 0.3) is 5.91 Å². The van der Waals surface area contributed by atoms with Crippen LogP contribution in [-0.4, -0.2) is 55.8 Å². The first-order valence-electron chi connectivity index (χ1n) is 15.1. The van der Waals surface area contributed by atoms with Gasteiger partial charge in [0.2, 0.25) is 10.0 Å². The fourth-order valence-electron chi connectivity index (χ4n) is 5.72. The first-order chi connectivity index (χ1) is 21.6. The topological polar surface area (TPSA) is 118 Å². The van der Waals surface area contributed by atoms with Crippen LogP contribution in [0, 0.1) is 19.8 Å². The van der Waals surface area contributed by atoms with Crippen molar-refractivity contribution in [1.29, 1.82) is 0 Å². The normalized spacial score (nSPS) is 14.0. The summed E-state index contributed by atoms with van der Waals surface area (Å²) in [6.07, 6.45) is 1.71. The number of rotatable bonds is 11. The predicted octanol–water partition coefficient (Wildman–Crippen LogP) is 6.56.